The molecule has 0 aliphatic heterocycles. The highest BCUT2D eigenvalue weighted by Gasteiger charge is 2.30. The summed E-state index contributed by atoms with van der Waals surface area (Å²) in [6, 6.07) is 15.5. The molecule has 0 bridgehead atoms. The third kappa shape index (κ3) is 4.90. The van der Waals surface area contributed by atoms with Gasteiger partial charge in [-0.25, -0.2) is 0 Å². The molecule has 0 radical (unpaired) electrons. The van der Waals surface area contributed by atoms with Crippen LogP contribution >= 0.6 is 15.9 Å². The number of halogens is 1. The number of rotatable bonds is 7. The van der Waals surface area contributed by atoms with Gasteiger partial charge in [0.15, 0.2) is 0 Å². The Kier molecular flexibility index (Phi) is 6.54. The van der Waals surface area contributed by atoms with Crippen LogP contribution in [0.15, 0.2) is 53.0 Å². The van der Waals surface area contributed by atoms with E-state index < -0.39 is 5.54 Å². The fourth-order valence-electron chi connectivity index (χ4n) is 2.27. The molecule has 1 unspecified atom stereocenters. The van der Waals surface area contributed by atoms with Gasteiger partial charge in [-0.1, -0.05) is 52.3 Å². The molecular formula is C19H23BrN2O2. The first-order valence-corrected chi connectivity index (χ1v) is 8.71. The lowest BCUT2D eigenvalue weighted by atomic mass is 9.92. The van der Waals surface area contributed by atoms with Crippen LogP contribution in [0.25, 0.3) is 0 Å². The second-order valence-electron chi connectivity index (χ2n) is 5.85. The van der Waals surface area contributed by atoms with E-state index in [-0.39, 0.29) is 5.91 Å². The summed E-state index contributed by atoms with van der Waals surface area (Å²) in [5, 5.41) is 2.91. The van der Waals surface area contributed by atoms with Crippen molar-refractivity contribution in [2.45, 2.75) is 32.5 Å². The lowest BCUT2D eigenvalue weighted by Crippen LogP contribution is -2.48. The highest BCUT2D eigenvalue weighted by Crippen LogP contribution is 2.20. The number of carbonyl (C=O) groups is 1. The largest absolute Gasteiger partial charge is 0.377 e. The SMILES string of the molecule is CCOCc1ccc(CNC(=O)C(C)(N)c2ccc(Br)cc2)cc1. The molecule has 1 amide bonds. The molecular weight excluding hydrogens is 368 g/mol. The zero-order valence-corrected chi connectivity index (χ0v) is 15.6. The van der Waals surface area contributed by atoms with Gasteiger partial charge in [-0.2, -0.15) is 0 Å². The molecule has 0 saturated heterocycles. The van der Waals surface area contributed by atoms with Crippen molar-refractivity contribution in [1.82, 2.24) is 5.32 Å². The predicted octanol–water partition coefficient (Wildman–Crippen LogP) is 3.48. The van der Waals surface area contributed by atoms with Crippen LogP contribution in [0, 0.1) is 0 Å². The highest BCUT2D eigenvalue weighted by molar-refractivity contribution is 9.10. The Morgan fingerprint density at radius 2 is 1.71 bits per heavy atom. The maximum absolute atomic E-state index is 12.5. The zero-order valence-electron chi connectivity index (χ0n) is 14.0. The van der Waals surface area contributed by atoms with Crippen LogP contribution in [-0.4, -0.2) is 12.5 Å². The lowest BCUT2D eigenvalue weighted by molar-refractivity contribution is -0.126. The third-order valence-electron chi connectivity index (χ3n) is 3.86. The van der Waals surface area contributed by atoms with Gasteiger partial charge in [0, 0.05) is 17.6 Å². The number of benzene rings is 2. The number of ether oxygens (including phenoxy) is 1. The maximum atomic E-state index is 12.5. The van der Waals surface area contributed by atoms with Crippen molar-refractivity contribution in [3.8, 4) is 0 Å². The number of hydrogen-bond acceptors (Lipinski definition) is 3. The molecule has 0 fully saturated rings. The van der Waals surface area contributed by atoms with Gasteiger partial charge in [0.1, 0.15) is 5.54 Å². The van der Waals surface area contributed by atoms with Gasteiger partial charge in [0.05, 0.1) is 6.61 Å². The summed E-state index contributed by atoms with van der Waals surface area (Å²) < 4.78 is 6.32. The van der Waals surface area contributed by atoms with Gasteiger partial charge in [0.2, 0.25) is 5.91 Å². The summed E-state index contributed by atoms with van der Waals surface area (Å²) in [7, 11) is 0. The second-order valence-corrected chi connectivity index (χ2v) is 6.76. The van der Waals surface area contributed by atoms with Crippen LogP contribution in [0.5, 0.6) is 0 Å². The molecule has 2 aromatic carbocycles. The first-order chi connectivity index (χ1) is 11.4. The van der Waals surface area contributed by atoms with Crippen LogP contribution in [0.1, 0.15) is 30.5 Å². The van der Waals surface area contributed by atoms with E-state index in [4.69, 9.17) is 10.5 Å². The fourth-order valence-corrected chi connectivity index (χ4v) is 2.53. The Labute approximate surface area is 151 Å². The van der Waals surface area contributed by atoms with Gasteiger partial charge in [-0.05, 0) is 42.7 Å². The van der Waals surface area contributed by atoms with Crippen LogP contribution in [0.3, 0.4) is 0 Å². The monoisotopic (exact) mass is 390 g/mol. The predicted molar refractivity (Wildman–Crippen MR) is 99.3 cm³/mol. The fraction of sp³-hybridized carbons (Fsp3) is 0.316. The average molecular weight is 391 g/mol. The number of hydrogen-bond donors (Lipinski definition) is 2. The van der Waals surface area contributed by atoms with Crippen molar-refractivity contribution in [3.05, 3.63) is 69.7 Å². The summed E-state index contributed by atoms with van der Waals surface area (Å²) in [4.78, 5) is 12.5. The van der Waals surface area contributed by atoms with Gasteiger partial charge < -0.3 is 15.8 Å². The standard InChI is InChI=1S/C19H23BrN2O2/c1-3-24-13-15-6-4-14(5-7-15)12-22-18(23)19(2,21)16-8-10-17(20)11-9-16/h4-11H,3,12-13,21H2,1-2H3,(H,22,23). The number of amides is 1. The Morgan fingerprint density at radius 3 is 2.29 bits per heavy atom. The van der Waals surface area contributed by atoms with Gasteiger partial charge in [-0.15, -0.1) is 0 Å². The first-order valence-electron chi connectivity index (χ1n) is 7.92. The van der Waals surface area contributed by atoms with Gasteiger partial charge >= 0.3 is 0 Å². The van der Waals surface area contributed by atoms with E-state index in [2.05, 4.69) is 21.2 Å². The van der Waals surface area contributed by atoms with Crippen molar-refractivity contribution >= 4 is 21.8 Å². The highest BCUT2D eigenvalue weighted by atomic mass is 79.9. The normalized spacial score (nSPS) is 13.3. The average Bonchev–Trinajstić information content (AvgIpc) is 2.59. The molecule has 0 spiro atoms. The topological polar surface area (TPSA) is 64.3 Å². The van der Waals surface area contributed by atoms with Crippen LogP contribution in [0.2, 0.25) is 0 Å². The van der Waals surface area contributed by atoms with Crippen LogP contribution < -0.4 is 11.1 Å². The van der Waals surface area contributed by atoms with E-state index >= 15 is 0 Å². The summed E-state index contributed by atoms with van der Waals surface area (Å²) >= 11 is 3.38. The number of carbonyl (C=O) groups excluding carboxylic acids is 1. The Morgan fingerprint density at radius 1 is 1.12 bits per heavy atom. The van der Waals surface area contributed by atoms with Crippen molar-refractivity contribution in [2.24, 2.45) is 5.73 Å². The van der Waals surface area contributed by atoms with Crippen molar-refractivity contribution < 1.29 is 9.53 Å². The molecule has 0 aromatic heterocycles. The molecule has 24 heavy (non-hydrogen) atoms. The Balaban J connectivity index is 1.95. The molecule has 0 aliphatic carbocycles. The first kappa shape index (κ1) is 18.6. The van der Waals surface area contributed by atoms with Gasteiger partial charge in [-0.3, -0.25) is 4.79 Å². The Hall–Kier alpha value is -1.69. The molecule has 2 rings (SSSR count). The minimum absolute atomic E-state index is 0.205. The quantitative estimate of drug-likeness (QED) is 0.760. The van der Waals surface area contributed by atoms with E-state index in [1.807, 2.05) is 55.5 Å². The van der Waals surface area contributed by atoms with Crippen LogP contribution in [-0.2, 0) is 28.2 Å². The molecule has 5 heteroatoms. The number of nitrogens with two attached hydrogens (primary N) is 1. The molecule has 2 aromatic rings. The number of nitrogens with one attached hydrogen (secondary N) is 1. The molecule has 0 heterocycles. The van der Waals surface area contributed by atoms with Crippen molar-refractivity contribution in [1.29, 1.82) is 0 Å². The second kappa shape index (κ2) is 8.42. The smallest absolute Gasteiger partial charge is 0.244 e. The molecule has 0 saturated carbocycles. The summed E-state index contributed by atoms with van der Waals surface area (Å²) in [6.07, 6.45) is 0. The summed E-state index contributed by atoms with van der Waals surface area (Å²) in [5.41, 5.74) is 8.07. The Bertz CT molecular complexity index is 667. The van der Waals surface area contributed by atoms with Gasteiger partial charge in [0.25, 0.3) is 0 Å². The molecule has 4 nitrogen and oxygen atoms in total. The molecule has 0 aliphatic rings. The van der Waals surface area contributed by atoms with E-state index in [0.29, 0.717) is 19.8 Å². The minimum atomic E-state index is -1.07. The van der Waals surface area contributed by atoms with E-state index in [9.17, 15) is 4.79 Å². The lowest BCUT2D eigenvalue weighted by Gasteiger charge is -2.24. The van der Waals surface area contributed by atoms with E-state index in [1.54, 1.807) is 6.92 Å². The molecule has 128 valence electrons. The summed E-state index contributed by atoms with van der Waals surface area (Å²) in [5.74, 6) is -0.205. The van der Waals surface area contributed by atoms with Crippen molar-refractivity contribution in [2.75, 3.05) is 6.61 Å². The van der Waals surface area contributed by atoms with E-state index in [0.717, 1.165) is 21.2 Å². The third-order valence-corrected chi connectivity index (χ3v) is 4.39. The van der Waals surface area contributed by atoms with Crippen LogP contribution in [0.4, 0.5) is 0 Å². The minimum Gasteiger partial charge on any atom is -0.377 e. The molecule has 3 N–H and O–H groups in total. The summed E-state index contributed by atoms with van der Waals surface area (Å²) in [6.45, 7) is 5.43. The zero-order chi connectivity index (χ0) is 17.6. The maximum Gasteiger partial charge on any atom is 0.244 e. The van der Waals surface area contributed by atoms with Crippen molar-refractivity contribution in [3.63, 3.8) is 0 Å². The molecule has 1 atom stereocenters. The van der Waals surface area contributed by atoms with E-state index in [1.165, 1.54) is 0 Å².